The van der Waals surface area contributed by atoms with Gasteiger partial charge in [0.05, 0.1) is 11.1 Å². The number of ether oxygens (including phenoxy) is 1. The van der Waals surface area contributed by atoms with E-state index in [0.29, 0.717) is 22.3 Å². The van der Waals surface area contributed by atoms with E-state index in [1.807, 2.05) is 24.3 Å². The molecule has 0 amide bonds. The minimum atomic E-state index is -0.584. The first-order chi connectivity index (χ1) is 9.49. The van der Waals surface area contributed by atoms with Crippen LogP contribution >= 0.6 is 11.6 Å². The predicted octanol–water partition coefficient (Wildman–Crippen LogP) is 5.31. The molecule has 0 saturated carbocycles. The van der Waals surface area contributed by atoms with Crippen molar-refractivity contribution < 1.29 is 9.84 Å². The van der Waals surface area contributed by atoms with Gasteiger partial charge in [0.25, 0.3) is 0 Å². The van der Waals surface area contributed by atoms with Crippen LogP contribution in [0.2, 0.25) is 5.02 Å². The van der Waals surface area contributed by atoms with Crippen LogP contribution in [0.1, 0.15) is 43.9 Å². The van der Waals surface area contributed by atoms with Crippen LogP contribution < -0.4 is 4.74 Å². The molecule has 20 heavy (non-hydrogen) atoms. The molecule has 1 unspecified atom stereocenters. The second kappa shape index (κ2) is 6.29. The number of halogens is 1. The minimum absolute atomic E-state index is 0.387. The van der Waals surface area contributed by atoms with Crippen LogP contribution in [0, 0.1) is 0 Å². The van der Waals surface area contributed by atoms with Crippen molar-refractivity contribution in [2.45, 2.75) is 32.8 Å². The molecule has 0 aromatic heterocycles. The van der Waals surface area contributed by atoms with Crippen molar-refractivity contribution in [3.05, 3.63) is 58.6 Å². The molecular formula is C17H19ClO2. The van der Waals surface area contributed by atoms with Crippen LogP contribution in [0.15, 0.2) is 42.5 Å². The number of aliphatic hydroxyl groups is 1. The fraction of sp³-hybridized carbons (Fsp3) is 0.294. The Kier molecular flexibility index (Phi) is 4.69. The third kappa shape index (κ3) is 3.33. The van der Waals surface area contributed by atoms with E-state index < -0.39 is 6.10 Å². The lowest BCUT2D eigenvalue weighted by atomic mass is 10.0. The smallest absolute Gasteiger partial charge is 0.130 e. The molecule has 0 aliphatic heterocycles. The summed E-state index contributed by atoms with van der Waals surface area (Å²) in [6, 6.07) is 13.3. The first-order valence-corrected chi connectivity index (χ1v) is 7.11. The second-order valence-corrected chi connectivity index (χ2v) is 5.56. The summed E-state index contributed by atoms with van der Waals surface area (Å²) in [5, 5.41) is 10.1. The van der Waals surface area contributed by atoms with Crippen LogP contribution in [0.4, 0.5) is 0 Å². The average Bonchev–Trinajstić information content (AvgIpc) is 2.38. The number of hydrogen-bond donors (Lipinski definition) is 1. The molecule has 1 atom stereocenters. The summed E-state index contributed by atoms with van der Waals surface area (Å²) in [5.74, 6) is 1.90. The van der Waals surface area contributed by atoms with Gasteiger partial charge in [-0.05, 0) is 42.2 Å². The highest BCUT2D eigenvalue weighted by atomic mass is 35.5. The summed E-state index contributed by atoms with van der Waals surface area (Å²) in [7, 11) is 0. The van der Waals surface area contributed by atoms with E-state index in [1.165, 1.54) is 0 Å². The third-order valence-electron chi connectivity index (χ3n) is 3.19. The Labute approximate surface area is 125 Å². The van der Waals surface area contributed by atoms with Crippen molar-refractivity contribution in [3.63, 3.8) is 0 Å². The number of benzene rings is 2. The second-order valence-electron chi connectivity index (χ2n) is 5.15. The van der Waals surface area contributed by atoms with Gasteiger partial charge in [-0.1, -0.05) is 49.7 Å². The Morgan fingerprint density at radius 1 is 1.00 bits per heavy atom. The fourth-order valence-electron chi connectivity index (χ4n) is 2.09. The van der Waals surface area contributed by atoms with E-state index in [-0.39, 0.29) is 0 Å². The van der Waals surface area contributed by atoms with Crippen LogP contribution in [-0.2, 0) is 0 Å². The zero-order valence-electron chi connectivity index (χ0n) is 11.9. The van der Waals surface area contributed by atoms with Gasteiger partial charge in [0.2, 0.25) is 0 Å². The van der Waals surface area contributed by atoms with E-state index >= 15 is 0 Å². The van der Waals surface area contributed by atoms with Gasteiger partial charge >= 0.3 is 0 Å². The molecule has 2 rings (SSSR count). The summed E-state index contributed by atoms with van der Waals surface area (Å²) >= 11 is 6.15. The van der Waals surface area contributed by atoms with E-state index in [9.17, 15) is 5.11 Å². The van der Waals surface area contributed by atoms with Gasteiger partial charge in [-0.3, -0.25) is 0 Å². The summed E-state index contributed by atoms with van der Waals surface area (Å²) in [4.78, 5) is 0. The monoisotopic (exact) mass is 290 g/mol. The Balaban J connectivity index is 2.29. The molecule has 0 heterocycles. The van der Waals surface area contributed by atoms with Crippen molar-refractivity contribution in [1.29, 1.82) is 0 Å². The van der Waals surface area contributed by atoms with E-state index in [1.54, 1.807) is 19.1 Å². The number of aliphatic hydroxyl groups excluding tert-OH is 1. The SMILES string of the molecule is CC(C)c1ccccc1Oc1ccc(C(C)O)c(Cl)c1. The molecule has 0 fully saturated rings. The molecule has 0 saturated heterocycles. The van der Waals surface area contributed by atoms with Crippen molar-refractivity contribution in [2.24, 2.45) is 0 Å². The lowest BCUT2D eigenvalue weighted by molar-refractivity contribution is 0.199. The van der Waals surface area contributed by atoms with Crippen LogP contribution in [-0.4, -0.2) is 5.11 Å². The Morgan fingerprint density at radius 3 is 2.30 bits per heavy atom. The molecule has 2 nitrogen and oxygen atoms in total. The molecular weight excluding hydrogens is 272 g/mol. The van der Waals surface area contributed by atoms with Crippen LogP contribution in [0.3, 0.4) is 0 Å². The van der Waals surface area contributed by atoms with Crippen molar-refractivity contribution in [1.82, 2.24) is 0 Å². The van der Waals surface area contributed by atoms with Crippen molar-refractivity contribution in [3.8, 4) is 11.5 Å². The van der Waals surface area contributed by atoms with Gasteiger partial charge < -0.3 is 9.84 Å². The molecule has 0 spiro atoms. The van der Waals surface area contributed by atoms with Gasteiger partial charge in [0.15, 0.2) is 0 Å². The van der Waals surface area contributed by atoms with Crippen molar-refractivity contribution in [2.75, 3.05) is 0 Å². The first kappa shape index (κ1) is 14.9. The zero-order valence-corrected chi connectivity index (χ0v) is 12.7. The van der Waals surface area contributed by atoms with Gasteiger partial charge in [0.1, 0.15) is 11.5 Å². The maximum absolute atomic E-state index is 9.58. The molecule has 1 N–H and O–H groups in total. The standard InChI is InChI=1S/C17H19ClO2/c1-11(2)14-6-4-5-7-17(14)20-13-8-9-15(12(3)19)16(18)10-13/h4-12,19H,1-3H3. The third-order valence-corrected chi connectivity index (χ3v) is 3.52. The topological polar surface area (TPSA) is 29.5 Å². The molecule has 106 valence electrons. The van der Waals surface area contributed by atoms with Gasteiger partial charge in [-0.25, -0.2) is 0 Å². The summed E-state index contributed by atoms with van der Waals surface area (Å²) in [6.45, 7) is 5.95. The zero-order chi connectivity index (χ0) is 14.7. The number of rotatable bonds is 4. The minimum Gasteiger partial charge on any atom is -0.457 e. The van der Waals surface area contributed by atoms with Crippen LogP contribution in [0.5, 0.6) is 11.5 Å². The first-order valence-electron chi connectivity index (χ1n) is 6.73. The quantitative estimate of drug-likeness (QED) is 0.827. The highest BCUT2D eigenvalue weighted by molar-refractivity contribution is 6.31. The lowest BCUT2D eigenvalue weighted by Gasteiger charge is -2.15. The Bertz CT molecular complexity index is 591. The van der Waals surface area contributed by atoms with Gasteiger partial charge in [-0.2, -0.15) is 0 Å². The largest absolute Gasteiger partial charge is 0.457 e. The lowest BCUT2D eigenvalue weighted by Crippen LogP contribution is -1.95. The Hall–Kier alpha value is -1.51. The van der Waals surface area contributed by atoms with Gasteiger partial charge in [0, 0.05) is 0 Å². The normalized spacial score (nSPS) is 12.5. The van der Waals surface area contributed by atoms with Crippen LogP contribution in [0.25, 0.3) is 0 Å². The van der Waals surface area contributed by atoms with E-state index in [4.69, 9.17) is 16.3 Å². The summed E-state index contributed by atoms with van der Waals surface area (Å²) < 4.78 is 5.92. The molecule has 0 aliphatic carbocycles. The molecule has 2 aromatic carbocycles. The number of para-hydroxylation sites is 1. The van der Waals surface area contributed by atoms with Gasteiger partial charge in [-0.15, -0.1) is 0 Å². The van der Waals surface area contributed by atoms with E-state index in [0.717, 1.165) is 11.3 Å². The summed E-state index contributed by atoms with van der Waals surface area (Å²) in [5.41, 5.74) is 1.86. The molecule has 0 aliphatic rings. The molecule has 0 radical (unpaired) electrons. The highest BCUT2D eigenvalue weighted by Gasteiger charge is 2.11. The molecule has 0 bridgehead atoms. The number of hydrogen-bond acceptors (Lipinski definition) is 2. The maximum atomic E-state index is 9.58. The predicted molar refractivity (Wildman–Crippen MR) is 82.7 cm³/mol. The Morgan fingerprint density at radius 2 is 1.70 bits per heavy atom. The van der Waals surface area contributed by atoms with Crippen molar-refractivity contribution >= 4 is 11.6 Å². The average molecular weight is 291 g/mol. The maximum Gasteiger partial charge on any atom is 0.130 e. The van der Waals surface area contributed by atoms with E-state index in [2.05, 4.69) is 19.9 Å². The molecule has 3 heteroatoms. The summed E-state index contributed by atoms with van der Waals surface area (Å²) in [6.07, 6.45) is -0.584. The fourth-order valence-corrected chi connectivity index (χ4v) is 2.42. The highest BCUT2D eigenvalue weighted by Crippen LogP contribution is 2.33. The molecule has 2 aromatic rings.